The van der Waals surface area contributed by atoms with Gasteiger partial charge in [0.1, 0.15) is 5.69 Å². The molecule has 0 atom stereocenters. The van der Waals surface area contributed by atoms with E-state index in [9.17, 15) is 4.79 Å². The average molecular weight is 333 g/mol. The molecular weight excluding hydrogens is 310 g/mol. The van der Waals surface area contributed by atoms with E-state index in [0.717, 1.165) is 35.2 Å². The molecule has 4 heteroatoms. The number of carbonyl (C=O) groups is 1. The Morgan fingerprint density at radius 3 is 2.44 bits per heavy atom. The van der Waals surface area contributed by atoms with Crippen LogP contribution in [0.15, 0.2) is 48.5 Å². The lowest BCUT2D eigenvalue weighted by Crippen LogP contribution is -2.29. The largest absolute Gasteiger partial charge is 0.372 e. The molecule has 2 heterocycles. The predicted molar refractivity (Wildman–Crippen MR) is 103 cm³/mol. The molecule has 1 amide bonds. The van der Waals surface area contributed by atoms with Gasteiger partial charge in [-0.05, 0) is 62.1 Å². The number of hydrogen-bond donors (Lipinski definition) is 2. The zero-order valence-corrected chi connectivity index (χ0v) is 14.5. The van der Waals surface area contributed by atoms with Gasteiger partial charge in [-0.25, -0.2) is 0 Å². The summed E-state index contributed by atoms with van der Waals surface area (Å²) in [5.74, 6) is -0.0978. The van der Waals surface area contributed by atoms with E-state index in [1.54, 1.807) is 0 Å². The fourth-order valence-electron chi connectivity index (χ4n) is 3.61. The molecule has 0 saturated carbocycles. The number of para-hydroxylation sites is 1. The molecule has 1 aliphatic heterocycles. The number of H-pyrrole nitrogens is 1. The Labute approximate surface area is 147 Å². The first kappa shape index (κ1) is 15.8. The van der Waals surface area contributed by atoms with Crippen molar-refractivity contribution in [3.63, 3.8) is 0 Å². The molecule has 3 aromatic rings. The summed E-state index contributed by atoms with van der Waals surface area (Å²) in [6.07, 6.45) is 3.85. The number of aromatic nitrogens is 1. The van der Waals surface area contributed by atoms with E-state index >= 15 is 0 Å². The van der Waals surface area contributed by atoms with Crippen molar-refractivity contribution >= 4 is 28.2 Å². The maximum absolute atomic E-state index is 12.6. The summed E-state index contributed by atoms with van der Waals surface area (Å²) in [6.45, 7) is 4.23. The molecule has 1 aromatic heterocycles. The minimum absolute atomic E-state index is 0.0978. The van der Waals surface area contributed by atoms with Crippen molar-refractivity contribution in [3.05, 3.63) is 59.8 Å². The third-order valence-electron chi connectivity index (χ3n) is 5.04. The Bertz CT molecular complexity index is 889. The van der Waals surface area contributed by atoms with Gasteiger partial charge in [-0.3, -0.25) is 4.79 Å². The van der Waals surface area contributed by atoms with Crippen molar-refractivity contribution in [3.8, 4) is 0 Å². The number of anilines is 2. The number of rotatable bonds is 3. The number of hydrogen-bond acceptors (Lipinski definition) is 2. The van der Waals surface area contributed by atoms with Crippen LogP contribution in [0.5, 0.6) is 0 Å². The SMILES string of the molecule is Cc1c(C(=O)Nc2ccc(N3CCCCC3)cc2)[nH]c2ccccc12. The summed E-state index contributed by atoms with van der Waals surface area (Å²) in [4.78, 5) is 18.3. The van der Waals surface area contributed by atoms with Crippen molar-refractivity contribution in [1.82, 2.24) is 4.98 Å². The van der Waals surface area contributed by atoms with Gasteiger partial charge in [0.2, 0.25) is 0 Å². The molecule has 1 saturated heterocycles. The Morgan fingerprint density at radius 1 is 1.00 bits per heavy atom. The van der Waals surface area contributed by atoms with E-state index in [0.29, 0.717) is 5.69 Å². The number of nitrogens with zero attached hydrogens (tertiary/aromatic N) is 1. The molecule has 0 unspecified atom stereocenters. The fraction of sp³-hybridized carbons (Fsp3) is 0.286. The van der Waals surface area contributed by atoms with Gasteiger partial charge < -0.3 is 15.2 Å². The summed E-state index contributed by atoms with van der Waals surface area (Å²) in [5, 5.41) is 4.09. The first-order valence-corrected chi connectivity index (χ1v) is 8.96. The highest BCUT2D eigenvalue weighted by Crippen LogP contribution is 2.24. The number of benzene rings is 2. The highest BCUT2D eigenvalue weighted by atomic mass is 16.1. The zero-order valence-electron chi connectivity index (χ0n) is 14.5. The van der Waals surface area contributed by atoms with E-state index in [1.165, 1.54) is 24.9 Å². The lowest BCUT2D eigenvalue weighted by atomic mass is 10.1. The molecule has 25 heavy (non-hydrogen) atoms. The Balaban J connectivity index is 1.51. The smallest absolute Gasteiger partial charge is 0.272 e. The van der Waals surface area contributed by atoms with Gasteiger partial charge >= 0.3 is 0 Å². The normalized spacial score (nSPS) is 14.7. The molecule has 0 bridgehead atoms. The van der Waals surface area contributed by atoms with Crippen molar-refractivity contribution in [2.45, 2.75) is 26.2 Å². The molecular formula is C21H23N3O. The molecule has 128 valence electrons. The zero-order chi connectivity index (χ0) is 17.2. The van der Waals surface area contributed by atoms with Gasteiger partial charge in [-0.15, -0.1) is 0 Å². The Morgan fingerprint density at radius 2 is 1.72 bits per heavy atom. The Kier molecular flexibility index (Phi) is 4.18. The number of piperidine rings is 1. The van der Waals surface area contributed by atoms with Gasteiger partial charge in [0.15, 0.2) is 0 Å². The number of fused-ring (bicyclic) bond motifs is 1. The monoisotopic (exact) mass is 333 g/mol. The van der Waals surface area contributed by atoms with Gasteiger partial charge in [-0.1, -0.05) is 18.2 Å². The third kappa shape index (κ3) is 3.12. The van der Waals surface area contributed by atoms with E-state index in [2.05, 4.69) is 27.3 Å². The highest BCUT2D eigenvalue weighted by Gasteiger charge is 2.15. The van der Waals surface area contributed by atoms with Crippen molar-refractivity contribution in [2.24, 2.45) is 0 Å². The van der Waals surface area contributed by atoms with E-state index in [4.69, 9.17) is 0 Å². The number of aromatic amines is 1. The molecule has 2 N–H and O–H groups in total. The van der Waals surface area contributed by atoms with E-state index in [1.807, 2.05) is 43.3 Å². The summed E-state index contributed by atoms with van der Waals surface area (Å²) >= 11 is 0. The summed E-state index contributed by atoms with van der Waals surface area (Å²) in [7, 11) is 0. The number of carbonyl (C=O) groups excluding carboxylic acids is 1. The van der Waals surface area contributed by atoms with Crippen LogP contribution in [0.4, 0.5) is 11.4 Å². The van der Waals surface area contributed by atoms with Crippen LogP contribution in [0.25, 0.3) is 10.9 Å². The topological polar surface area (TPSA) is 48.1 Å². The van der Waals surface area contributed by atoms with Crippen LogP contribution in [0.3, 0.4) is 0 Å². The van der Waals surface area contributed by atoms with Crippen LogP contribution in [0.1, 0.15) is 35.3 Å². The molecule has 0 aliphatic carbocycles. The number of aryl methyl sites for hydroxylation is 1. The lowest BCUT2D eigenvalue weighted by molar-refractivity contribution is 0.102. The maximum Gasteiger partial charge on any atom is 0.272 e. The summed E-state index contributed by atoms with van der Waals surface area (Å²) < 4.78 is 0. The predicted octanol–water partition coefficient (Wildman–Crippen LogP) is 4.72. The first-order chi connectivity index (χ1) is 12.2. The second kappa shape index (κ2) is 6.63. The standard InChI is InChI=1S/C21H23N3O/c1-15-18-7-3-4-8-19(18)23-20(15)21(25)22-16-9-11-17(12-10-16)24-13-5-2-6-14-24/h3-4,7-12,23H,2,5-6,13-14H2,1H3,(H,22,25). The lowest BCUT2D eigenvalue weighted by Gasteiger charge is -2.28. The number of nitrogens with one attached hydrogen (secondary N) is 2. The van der Waals surface area contributed by atoms with E-state index < -0.39 is 0 Å². The minimum atomic E-state index is -0.0978. The van der Waals surface area contributed by atoms with Crippen LogP contribution in [0, 0.1) is 6.92 Å². The van der Waals surface area contributed by atoms with Crippen LogP contribution in [-0.2, 0) is 0 Å². The van der Waals surface area contributed by atoms with Crippen LogP contribution in [0.2, 0.25) is 0 Å². The van der Waals surface area contributed by atoms with Crippen LogP contribution >= 0.6 is 0 Å². The fourth-order valence-corrected chi connectivity index (χ4v) is 3.61. The van der Waals surface area contributed by atoms with Crippen molar-refractivity contribution < 1.29 is 4.79 Å². The summed E-state index contributed by atoms with van der Waals surface area (Å²) in [6, 6.07) is 16.2. The maximum atomic E-state index is 12.6. The number of amides is 1. The average Bonchev–Trinajstić information content (AvgIpc) is 3.00. The van der Waals surface area contributed by atoms with Gasteiger partial charge in [-0.2, -0.15) is 0 Å². The molecule has 0 radical (unpaired) electrons. The molecule has 1 fully saturated rings. The third-order valence-corrected chi connectivity index (χ3v) is 5.04. The molecule has 4 rings (SSSR count). The van der Waals surface area contributed by atoms with Crippen molar-refractivity contribution in [1.29, 1.82) is 0 Å². The summed E-state index contributed by atoms with van der Waals surface area (Å²) in [5.41, 5.74) is 4.66. The van der Waals surface area contributed by atoms with Gasteiger partial charge in [0, 0.05) is 35.4 Å². The van der Waals surface area contributed by atoms with Crippen molar-refractivity contribution in [2.75, 3.05) is 23.3 Å². The quantitative estimate of drug-likeness (QED) is 0.728. The van der Waals surface area contributed by atoms with Crippen LogP contribution in [-0.4, -0.2) is 24.0 Å². The second-order valence-corrected chi connectivity index (χ2v) is 6.72. The highest BCUT2D eigenvalue weighted by molar-refractivity contribution is 6.07. The first-order valence-electron chi connectivity index (χ1n) is 8.96. The second-order valence-electron chi connectivity index (χ2n) is 6.72. The minimum Gasteiger partial charge on any atom is -0.372 e. The van der Waals surface area contributed by atoms with E-state index in [-0.39, 0.29) is 5.91 Å². The molecule has 2 aromatic carbocycles. The Hall–Kier alpha value is -2.75. The van der Waals surface area contributed by atoms with Gasteiger partial charge in [0.25, 0.3) is 5.91 Å². The molecule has 1 aliphatic rings. The molecule has 0 spiro atoms. The molecule has 4 nitrogen and oxygen atoms in total. The van der Waals surface area contributed by atoms with Gasteiger partial charge in [0.05, 0.1) is 0 Å². The van der Waals surface area contributed by atoms with Crippen LogP contribution < -0.4 is 10.2 Å².